The van der Waals surface area contributed by atoms with E-state index in [-0.39, 0.29) is 18.4 Å². The lowest BCUT2D eigenvalue weighted by atomic mass is 10.1. The van der Waals surface area contributed by atoms with Crippen LogP contribution in [0.4, 0.5) is 0 Å². The number of unbranched alkanes of at least 4 members (excludes halogenated alkanes) is 3. The molecule has 0 saturated carbocycles. The molecule has 1 unspecified atom stereocenters. The highest BCUT2D eigenvalue weighted by atomic mass is 35.5. The molecule has 2 N–H and O–H groups in total. The van der Waals surface area contributed by atoms with Gasteiger partial charge in [0.25, 0.3) is 0 Å². The number of rotatable bonds is 7. The van der Waals surface area contributed by atoms with E-state index in [9.17, 15) is 4.79 Å². The number of nitrogens with zero attached hydrogens (tertiary/aromatic N) is 1. The lowest BCUT2D eigenvalue weighted by molar-refractivity contribution is -0.133. The maximum atomic E-state index is 12.5. The Morgan fingerprint density at radius 2 is 1.91 bits per heavy atom. The Morgan fingerprint density at radius 3 is 2.64 bits per heavy atom. The highest BCUT2D eigenvalue weighted by molar-refractivity contribution is 7.99. The third-order valence-corrected chi connectivity index (χ3v) is 5.00. The summed E-state index contributed by atoms with van der Waals surface area (Å²) in [5.74, 6) is 2.39. The number of nitrogens with two attached hydrogens (primary N) is 1. The average molecular weight is 343 g/mol. The minimum Gasteiger partial charge on any atom is -0.334 e. The van der Waals surface area contributed by atoms with Gasteiger partial charge in [-0.2, -0.15) is 11.8 Å². The summed E-state index contributed by atoms with van der Waals surface area (Å²) in [6.45, 7) is 1.64. The SMILES string of the molecule is Cl.NCCCCCCC(=O)N1CCSCC1c1ccccc1. The van der Waals surface area contributed by atoms with Gasteiger partial charge in [0.1, 0.15) is 0 Å². The van der Waals surface area contributed by atoms with Gasteiger partial charge in [-0.3, -0.25) is 4.79 Å². The van der Waals surface area contributed by atoms with Gasteiger partial charge in [-0.1, -0.05) is 43.2 Å². The topological polar surface area (TPSA) is 46.3 Å². The van der Waals surface area contributed by atoms with Crippen molar-refractivity contribution in [2.45, 2.75) is 38.1 Å². The molecule has 0 radical (unpaired) electrons. The molecule has 1 amide bonds. The predicted octanol–water partition coefficient (Wildman–Crippen LogP) is 3.63. The van der Waals surface area contributed by atoms with E-state index in [2.05, 4.69) is 29.2 Å². The van der Waals surface area contributed by atoms with Gasteiger partial charge in [0.05, 0.1) is 6.04 Å². The standard InChI is InChI=1S/C17H26N2OS.ClH/c18-11-7-2-1-6-10-17(20)19-12-13-21-14-16(19)15-8-4-3-5-9-15;/h3-5,8-9,16H,1-2,6-7,10-14,18H2;1H. The largest absolute Gasteiger partial charge is 0.334 e. The Labute approximate surface area is 144 Å². The lowest BCUT2D eigenvalue weighted by Gasteiger charge is -2.36. The van der Waals surface area contributed by atoms with Gasteiger partial charge in [-0.05, 0) is 24.9 Å². The Kier molecular flexibility index (Phi) is 9.60. The second-order valence-corrected chi connectivity index (χ2v) is 6.69. The molecule has 5 heteroatoms. The number of carbonyl (C=O) groups is 1. The smallest absolute Gasteiger partial charge is 0.223 e. The third-order valence-electron chi connectivity index (χ3n) is 3.98. The average Bonchev–Trinajstić information content (AvgIpc) is 2.55. The van der Waals surface area contributed by atoms with Crippen molar-refractivity contribution in [3.05, 3.63) is 35.9 Å². The molecule has 1 atom stereocenters. The molecule has 0 aromatic heterocycles. The first-order chi connectivity index (χ1) is 10.3. The normalized spacial score (nSPS) is 17.9. The number of benzene rings is 1. The van der Waals surface area contributed by atoms with Gasteiger partial charge < -0.3 is 10.6 Å². The first-order valence-electron chi connectivity index (χ1n) is 7.95. The van der Waals surface area contributed by atoms with Crippen LogP contribution in [-0.4, -0.2) is 35.4 Å². The van der Waals surface area contributed by atoms with E-state index in [0.29, 0.717) is 12.3 Å². The number of carbonyl (C=O) groups excluding carboxylic acids is 1. The Balaban J connectivity index is 0.00000242. The lowest BCUT2D eigenvalue weighted by Crippen LogP contribution is -2.40. The van der Waals surface area contributed by atoms with Crippen LogP contribution in [0.3, 0.4) is 0 Å². The molecule has 1 heterocycles. The summed E-state index contributed by atoms with van der Waals surface area (Å²) in [4.78, 5) is 14.6. The van der Waals surface area contributed by atoms with Crippen LogP contribution in [0.5, 0.6) is 0 Å². The van der Waals surface area contributed by atoms with Crippen LogP contribution in [-0.2, 0) is 4.79 Å². The van der Waals surface area contributed by atoms with Gasteiger partial charge >= 0.3 is 0 Å². The van der Waals surface area contributed by atoms with Crippen molar-refractivity contribution < 1.29 is 4.79 Å². The van der Waals surface area contributed by atoms with Crippen molar-refractivity contribution in [1.82, 2.24) is 4.90 Å². The Bertz CT molecular complexity index is 430. The molecule has 0 aliphatic carbocycles. The fourth-order valence-electron chi connectivity index (χ4n) is 2.77. The van der Waals surface area contributed by atoms with Crippen LogP contribution in [0.25, 0.3) is 0 Å². The third kappa shape index (κ3) is 5.82. The molecule has 22 heavy (non-hydrogen) atoms. The second kappa shape index (κ2) is 10.9. The summed E-state index contributed by atoms with van der Waals surface area (Å²) in [7, 11) is 0. The summed E-state index contributed by atoms with van der Waals surface area (Å²) >= 11 is 1.95. The number of hydrogen-bond donors (Lipinski definition) is 1. The fraction of sp³-hybridized carbons (Fsp3) is 0.588. The quantitative estimate of drug-likeness (QED) is 0.769. The van der Waals surface area contributed by atoms with Crippen LogP contribution in [0.2, 0.25) is 0 Å². The van der Waals surface area contributed by atoms with Crippen molar-refractivity contribution in [1.29, 1.82) is 0 Å². The molecule has 124 valence electrons. The molecular formula is C17H27ClN2OS. The molecule has 1 fully saturated rings. The monoisotopic (exact) mass is 342 g/mol. The number of halogens is 1. The van der Waals surface area contributed by atoms with Gasteiger partial charge in [0, 0.05) is 24.5 Å². The summed E-state index contributed by atoms with van der Waals surface area (Å²) in [5, 5.41) is 0. The molecule has 1 aliphatic heterocycles. The van der Waals surface area contributed by atoms with Gasteiger partial charge in [0.15, 0.2) is 0 Å². The molecular weight excluding hydrogens is 316 g/mol. The molecule has 1 aromatic carbocycles. The zero-order chi connectivity index (χ0) is 14.9. The van der Waals surface area contributed by atoms with Crippen molar-refractivity contribution >= 4 is 30.1 Å². The van der Waals surface area contributed by atoms with Crippen LogP contribution in [0, 0.1) is 0 Å². The first kappa shape index (κ1) is 19.3. The maximum Gasteiger partial charge on any atom is 0.223 e. The van der Waals surface area contributed by atoms with Crippen molar-refractivity contribution in [2.75, 3.05) is 24.6 Å². The van der Waals surface area contributed by atoms with Gasteiger partial charge in [0.2, 0.25) is 5.91 Å². The Morgan fingerprint density at radius 1 is 1.18 bits per heavy atom. The number of hydrogen-bond acceptors (Lipinski definition) is 3. The summed E-state index contributed by atoms with van der Waals surface area (Å²) in [5.41, 5.74) is 6.76. The molecule has 2 rings (SSSR count). The maximum absolute atomic E-state index is 12.5. The van der Waals surface area contributed by atoms with Gasteiger partial charge in [-0.25, -0.2) is 0 Å². The molecule has 0 spiro atoms. The minimum atomic E-state index is 0. The molecule has 0 bridgehead atoms. The number of amides is 1. The van der Waals surface area contributed by atoms with Crippen molar-refractivity contribution in [3.63, 3.8) is 0 Å². The second-order valence-electron chi connectivity index (χ2n) is 5.54. The first-order valence-corrected chi connectivity index (χ1v) is 9.10. The van der Waals surface area contributed by atoms with E-state index >= 15 is 0 Å². The summed E-state index contributed by atoms with van der Waals surface area (Å²) < 4.78 is 0. The molecule has 1 aliphatic rings. The number of thioether (sulfide) groups is 1. The van der Waals surface area contributed by atoms with Crippen LogP contribution >= 0.6 is 24.2 Å². The van der Waals surface area contributed by atoms with E-state index in [0.717, 1.165) is 50.3 Å². The minimum absolute atomic E-state index is 0. The highest BCUT2D eigenvalue weighted by Crippen LogP contribution is 2.30. The fourth-order valence-corrected chi connectivity index (χ4v) is 3.86. The van der Waals surface area contributed by atoms with Crippen molar-refractivity contribution in [3.8, 4) is 0 Å². The van der Waals surface area contributed by atoms with E-state index in [4.69, 9.17) is 5.73 Å². The summed E-state index contributed by atoms with van der Waals surface area (Å²) in [6.07, 6.45) is 4.99. The molecule has 1 aromatic rings. The van der Waals surface area contributed by atoms with Crippen LogP contribution in [0.15, 0.2) is 30.3 Å². The van der Waals surface area contributed by atoms with Gasteiger partial charge in [-0.15, -0.1) is 12.4 Å². The molecule has 1 saturated heterocycles. The summed E-state index contributed by atoms with van der Waals surface area (Å²) in [6, 6.07) is 10.7. The molecule has 3 nitrogen and oxygen atoms in total. The van der Waals surface area contributed by atoms with E-state index in [1.165, 1.54) is 5.56 Å². The zero-order valence-corrected chi connectivity index (χ0v) is 14.7. The van der Waals surface area contributed by atoms with Crippen molar-refractivity contribution in [2.24, 2.45) is 5.73 Å². The highest BCUT2D eigenvalue weighted by Gasteiger charge is 2.27. The van der Waals surface area contributed by atoms with Crippen LogP contribution in [0.1, 0.15) is 43.7 Å². The van der Waals surface area contributed by atoms with E-state index in [1.807, 2.05) is 17.8 Å². The Hall–Kier alpha value is -0.710. The predicted molar refractivity (Wildman–Crippen MR) is 97.6 cm³/mol. The zero-order valence-electron chi connectivity index (χ0n) is 13.1. The van der Waals surface area contributed by atoms with E-state index < -0.39 is 0 Å². The van der Waals surface area contributed by atoms with Crippen LogP contribution < -0.4 is 5.73 Å². The van der Waals surface area contributed by atoms with E-state index in [1.54, 1.807) is 0 Å².